The van der Waals surface area contributed by atoms with E-state index in [-0.39, 0.29) is 11.9 Å². The fourth-order valence-electron chi connectivity index (χ4n) is 4.31. The number of likely N-dealkylation sites (tertiary alicyclic amines) is 1. The molecule has 0 atom stereocenters. The summed E-state index contributed by atoms with van der Waals surface area (Å²) in [5, 5.41) is 0.800. The number of hydrogen-bond acceptors (Lipinski definition) is 4. The largest absolute Gasteiger partial charge is 0.497 e. The maximum absolute atomic E-state index is 13.6. The second kappa shape index (κ2) is 10.7. The second-order valence-electron chi connectivity index (χ2n) is 8.20. The Morgan fingerprint density at radius 2 is 1.48 bits per heavy atom. The fraction of sp³-hybridized carbons (Fsp3) is 0.296. The van der Waals surface area contributed by atoms with Crippen molar-refractivity contribution < 1.29 is 14.3 Å². The molecule has 1 aliphatic rings. The summed E-state index contributed by atoms with van der Waals surface area (Å²) in [7, 11) is 3.26. The molecule has 4 rings (SSSR count). The lowest BCUT2D eigenvalue weighted by atomic mass is 10.00. The molecule has 0 radical (unpaired) electrons. The number of piperidine rings is 1. The van der Waals surface area contributed by atoms with Crippen LogP contribution in [0.2, 0.25) is 5.02 Å². The van der Waals surface area contributed by atoms with Gasteiger partial charge in [0.15, 0.2) is 0 Å². The van der Waals surface area contributed by atoms with Crippen molar-refractivity contribution in [3.05, 3.63) is 88.9 Å². The Balaban J connectivity index is 1.53. The maximum Gasteiger partial charge on any atom is 0.258 e. The first-order chi connectivity index (χ1) is 16.1. The van der Waals surface area contributed by atoms with Gasteiger partial charge in [0, 0.05) is 41.9 Å². The summed E-state index contributed by atoms with van der Waals surface area (Å²) in [6.07, 6.45) is 1.77. The van der Waals surface area contributed by atoms with Gasteiger partial charge in [0.05, 0.1) is 14.2 Å². The Morgan fingerprint density at radius 3 is 2.06 bits per heavy atom. The fourth-order valence-corrected chi connectivity index (χ4v) is 4.51. The van der Waals surface area contributed by atoms with Gasteiger partial charge in [0.1, 0.15) is 11.5 Å². The molecule has 1 heterocycles. The van der Waals surface area contributed by atoms with Gasteiger partial charge in [0.2, 0.25) is 0 Å². The molecule has 0 spiro atoms. The number of carbonyl (C=O) groups is 1. The molecule has 0 aromatic heterocycles. The average Bonchev–Trinajstić information content (AvgIpc) is 2.87. The van der Waals surface area contributed by atoms with Crippen LogP contribution in [0.5, 0.6) is 11.5 Å². The highest BCUT2D eigenvalue weighted by Gasteiger charge is 2.30. The Kier molecular flexibility index (Phi) is 7.53. The summed E-state index contributed by atoms with van der Waals surface area (Å²) >= 11 is 6.36. The molecule has 1 fully saturated rings. The summed E-state index contributed by atoms with van der Waals surface area (Å²) in [6.45, 7) is 2.62. The van der Waals surface area contributed by atoms with Crippen LogP contribution in [0.1, 0.15) is 28.8 Å². The molecular formula is C27H29ClN2O3. The van der Waals surface area contributed by atoms with Crippen LogP contribution in [0.3, 0.4) is 0 Å². The van der Waals surface area contributed by atoms with Gasteiger partial charge in [-0.2, -0.15) is 0 Å². The van der Waals surface area contributed by atoms with E-state index in [1.807, 2.05) is 71.6 Å². The second-order valence-corrected chi connectivity index (χ2v) is 8.61. The van der Waals surface area contributed by atoms with E-state index >= 15 is 0 Å². The van der Waals surface area contributed by atoms with Crippen molar-refractivity contribution in [2.24, 2.45) is 0 Å². The molecule has 3 aromatic carbocycles. The minimum Gasteiger partial charge on any atom is -0.497 e. The monoisotopic (exact) mass is 464 g/mol. The Hall–Kier alpha value is -3.02. The molecule has 0 saturated carbocycles. The van der Waals surface area contributed by atoms with Gasteiger partial charge in [-0.25, -0.2) is 0 Å². The summed E-state index contributed by atoms with van der Waals surface area (Å²) in [5.41, 5.74) is 2.66. The third-order valence-corrected chi connectivity index (χ3v) is 6.55. The molecule has 0 unspecified atom stereocenters. The number of hydrogen-bond donors (Lipinski definition) is 0. The lowest BCUT2D eigenvalue weighted by Crippen LogP contribution is -2.47. The van der Waals surface area contributed by atoms with Gasteiger partial charge >= 0.3 is 0 Å². The number of nitrogens with zero attached hydrogens (tertiary/aromatic N) is 2. The van der Waals surface area contributed by atoms with Gasteiger partial charge < -0.3 is 14.4 Å². The summed E-state index contributed by atoms with van der Waals surface area (Å²) in [6, 6.07) is 23.1. The van der Waals surface area contributed by atoms with E-state index in [2.05, 4.69) is 11.0 Å². The number of rotatable bonds is 7. The molecule has 0 bridgehead atoms. The Morgan fingerprint density at radius 1 is 0.909 bits per heavy atom. The minimum atomic E-state index is -0.00706. The van der Waals surface area contributed by atoms with Crippen LogP contribution < -0.4 is 14.4 Å². The first-order valence-electron chi connectivity index (χ1n) is 11.2. The minimum absolute atomic E-state index is 0.00706. The molecule has 1 saturated heterocycles. The number of ether oxygens (including phenoxy) is 2. The SMILES string of the molecule is COc1ccc(C(=O)N(c2ccc(OC)cc2)C2CCN(Cc3ccccc3Cl)CC2)cc1. The summed E-state index contributed by atoms with van der Waals surface area (Å²) in [5.74, 6) is 1.49. The van der Waals surface area contributed by atoms with Crippen molar-refractivity contribution in [3.63, 3.8) is 0 Å². The van der Waals surface area contributed by atoms with Crippen molar-refractivity contribution in [3.8, 4) is 11.5 Å². The lowest BCUT2D eigenvalue weighted by molar-refractivity contribution is 0.0958. The Bertz CT molecular complexity index is 1060. The summed E-state index contributed by atoms with van der Waals surface area (Å²) in [4.78, 5) is 18.0. The number of carbonyl (C=O) groups excluding carboxylic acids is 1. The van der Waals surface area contributed by atoms with Crippen LogP contribution in [0.15, 0.2) is 72.8 Å². The summed E-state index contributed by atoms with van der Waals surface area (Å²) < 4.78 is 10.6. The molecule has 3 aromatic rings. The van der Waals surface area contributed by atoms with E-state index in [9.17, 15) is 4.79 Å². The Labute approximate surface area is 200 Å². The van der Waals surface area contributed by atoms with Gasteiger partial charge in [-0.15, -0.1) is 0 Å². The van der Waals surface area contributed by atoms with E-state index in [1.54, 1.807) is 14.2 Å². The predicted molar refractivity (Wildman–Crippen MR) is 133 cm³/mol. The maximum atomic E-state index is 13.6. The number of amides is 1. The first-order valence-corrected chi connectivity index (χ1v) is 11.5. The highest BCUT2D eigenvalue weighted by atomic mass is 35.5. The van der Waals surface area contributed by atoms with Crippen LogP contribution in [-0.4, -0.2) is 44.2 Å². The molecule has 6 heteroatoms. The van der Waals surface area contributed by atoms with Crippen LogP contribution in [-0.2, 0) is 6.54 Å². The van der Waals surface area contributed by atoms with Gasteiger partial charge in [0.25, 0.3) is 5.91 Å². The molecule has 172 valence electrons. The molecule has 0 aliphatic carbocycles. The van der Waals surface area contributed by atoms with Crippen molar-refractivity contribution in [2.45, 2.75) is 25.4 Å². The van der Waals surface area contributed by atoms with E-state index in [0.717, 1.165) is 60.2 Å². The number of halogens is 1. The van der Waals surface area contributed by atoms with Crippen LogP contribution in [0, 0.1) is 0 Å². The highest BCUT2D eigenvalue weighted by molar-refractivity contribution is 6.31. The van der Waals surface area contributed by atoms with E-state index < -0.39 is 0 Å². The zero-order valence-corrected chi connectivity index (χ0v) is 19.8. The third kappa shape index (κ3) is 5.49. The van der Waals surface area contributed by atoms with Crippen molar-refractivity contribution in [2.75, 3.05) is 32.2 Å². The smallest absolute Gasteiger partial charge is 0.258 e. The average molecular weight is 465 g/mol. The first kappa shape index (κ1) is 23.1. The highest BCUT2D eigenvalue weighted by Crippen LogP contribution is 2.29. The zero-order valence-electron chi connectivity index (χ0n) is 19.0. The molecule has 5 nitrogen and oxygen atoms in total. The molecule has 0 N–H and O–H groups in total. The third-order valence-electron chi connectivity index (χ3n) is 6.18. The molecular weight excluding hydrogens is 436 g/mol. The van der Waals surface area contributed by atoms with Crippen molar-refractivity contribution in [1.29, 1.82) is 0 Å². The van der Waals surface area contributed by atoms with Gasteiger partial charge in [-0.3, -0.25) is 9.69 Å². The molecule has 1 aliphatic heterocycles. The predicted octanol–water partition coefficient (Wildman–Crippen LogP) is 5.67. The molecule has 33 heavy (non-hydrogen) atoms. The van der Waals surface area contributed by atoms with Gasteiger partial charge in [-0.1, -0.05) is 29.8 Å². The topological polar surface area (TPSA) is 42.0 Å². The van der Waals surface area contributed by atoms with E-state index in [1.165, 1.54) is 0 Å². The van der Waals surface area contributed by atoms with Crippen LogP contribution in [0.25, 0.3) is 0 Å². The quantitative estimate of drug-likeness (QED) is 0.452. The van der Waals surface area contributed by atoms with Crippen LogP contribution in [0.4, 0.5) is 5.69 Å². The lowest BCUT2D eigenvalue weighted by Gasteiger charge is -2.39. The standard InChI is InChI=1S/C27H29ClN2O3/c1-32-24-11-7-20(8-12-24)27(31)30(22-9-13-25(33-2)14-10-22)23-15-17-29(18-16-23)19-21-5-3-4-6-26(21)28/h3-14,23H,15-19H2,1-2H3. The normalized spacial score (nSPS) is 14.6. The van der Waals surface area contributed by atoms with E-state index in [0.29, 0.717) is 5.56 Å². The van der Waals surface area contributed by atoms with Crippen molar-refractivity contribution in [1.82, 2.24) is 4.90 Å². The molecule has 1 amide bonds. The van der Waals surface area contributed by atoms with Crippen molar-refractivity contribution >= 4 is 23.2 Å². The number of anilines is 1. The number of methoxy groups -OCH3 is 2. The zero-order chi connectivity index (χ0) is 23.2. The van der Waals surface area contributed by atoms with Gasteiger partial charge in [-0.05, 0) is 73.0 Å². The van der Waals surface area contributed by atoms with Crippen LogP contribution >= 0.6 is 11.6 Å². The van der Waals surface area contributed by atoms with E-state index in [4.69, 9.17) is 21.1 Å². The number of benzene rings is 3.